The molecule has 1 atom stereocenters. The molecule has 2 amide bonds. The second-order valence-corrected chi connectivity index (χ2v) is 5.72. The Bertz CT molecular complexity index is 750. The number of carbonyl (C=O) groups excluding carboxylic acids is 2. The number of hydrogen-bond donors (Lipinski definition) is 2. The van der Waals surface area contributed by atoms with Crippen molar-refractivity contribution in [3.8, 4) is 5.75 Å². The number of fused-ring (bicyclic) bond motifs is 1. The van der Waals surface area contributed by atoms with Gasteiger partial charge in [0.15, 0.2) is 6.10 Å². The summed E-state index contributed by atoms with van der Waals surface area (Å²) in [5, 5.41) is 5.57. The zero-order valence-electron chi connectivity index (χ0n) is 13.1. The van der Waals surface area contributed by atoms with Gasteiger partial charge >= 0.3 is 0 Å². The molecular weight excluding hydrogens is 292 g/mol. The van der Waals surface area contributed by atoms with Crippen molar-refractivity contribution in [2.45, 2.75) is 26.4 Å². The first kappa shape index (κ1) is 15.1. The molecule has 1 aliphatic heterocycles. The monoisotopic (exact) mass is 310 g/mol. The summed E-state index contributed by atoms with van der Waals surface area (Å²) in [5.41, 5.74) is 3.49. The van der Waals surface area contributed by atoms with Gasteiger partial charge in [-0.25, -0.2) is 0 Å². The predicted molar refractivity (Wildman–Crippen MR) is 88.7 cm³/mol. The molecule has 0 aromatic heterocycles. The molecule has 0 radical (unpaired) electrons. The minimum absolute atomic E-state index is 0.0346. The van der Waals surface area contributed by atoms with Crippen LogP contribution in [0.3, 0.4) is 0 Å². The Morgan fingerprint density at radius 1 is 1.17 bits per heavy atom. The Kier molecular flexibility index (Phi) is 4.02. The van der Waals surface area contributed by atoms with E-state index in [4.69, 9.17) is 4.74 Å². The quantitative estimate of drug-likeness (QED) is 0.915. The van der Waals surface area contributed by atoms with Gasteiger partial charge in [-0.1, -0.05) is 18.2 Å². The van der Waals surface area contributed by atoms with E-state index in [2.05, 4.69) is 10.6 Å². The molecule has 0 saturated carbocycles. The molecular formula is C18H18N2O3. The molecule has 0 saturated heterocycles. The van der Waals surface area contributed by atoms with E-state index in [1.54, 1.807) is 12.1 Å². The molecule has 23 heavy (non-hydrogen) atoms. The second kappa shape index (κ2) is 6.12. The minimum Gasteiger partial charge on any atom is -0.478 e. The fourth-order valence-electron chi connectivity index (χ4n) is 2.65. The van der Waals surface area contributed by atoms with Crippen LogP contribution in [0.4, 0.5) is 11.4 Å². The van der Waals surface area contributed by atoms with Crippen LogP contribution in [0, 0.1) is 13.8 Å². The van der Waals surface area contributed by atoms with E-state index in [-0.39, 0.29) is 18.2 Å². The molecule has 1 unspecified atom stereocenters. The van der Waals surface area contributed by atoms with Crippen LogP contribution in [-0.2, 0) is 9.59 Å². The maximum absolute atomic E-state index is 12.2. The van der Waals surface area contributed by atoms with Crippen molar-refractivity contribution in [3.05, 3.63) is 53.6 Å². The summed E-state index contributed by atoms with van der Waals surface area (Å²) in [6, 6.07) is 13.0. The van der Waals surface area contributed by atoms with Crippen LogP contribution < -0.4 is 15.4 Å². The summed E-state index contributed by atoms with van der Waals surface area (Å²) in [4.78, 5) is 24.2. The van der Waals surface area contributed by atoms with Gasteiger partial charge < -0.3 is 15.4 Å². The van der Waals surface area contributed by atoms with Crippen LogP contribution in [0.2, 0.25) is 0 Å². The van der Waals surface area contributed by atoms with E-state index < -0.39 is 6.10 Å². The largest absolute Gasteiger partial charge is 0.478 e. The first-order valence-electron chi connectivity index (χ1n) is 7.46. The van der Waals surface area contributed by atoms with Gasteiger partial charge in [-0.3, -0.25) is 9.59 Å². The topological polar surface area (TPSA) is 67.4 Å². The third-order valence-electron chi connectivity index (χ3n) is 3.58. The summed E-state index contributed by atoms with van der Waals surface area (Å²) >= 11 is 0. The lowest BCUT2D eigenvalue weighted by Crippen LogP contribution is -2.39. The number of benzene rings is 2. The summed E-state index contributed by atoms with van der Waals surface area (Å²) in [7, 11) is 0. The van der Waals surface area contributed by atoms with E-state index in [9.17, 15) is 9.59 Å². The molecule has 0 spiro atoms. The van der Waals surface area contributed by atoms with Gasteiger partial charge in [-0.05, 0) is 49.2 Å². The van der Waals surface area contributed by atoms with Crippen LogP contribution in [-0.4, -0.2) is 17.9 Å². The number of aryl methyl sites for hydroxylation is 2. The van der Waals surface area contributed by atoms with Gasteiger partial charge in [0.1, 0.15) is 5.75 Å². The second-order valence-electron chi connectivity index (χ2n) is 5.72. The molecule has 5 nitrogen and oxygen atoms in total. The summed E-state index contributed by atoms with van der Waals surface area (Å²) in [6.45, 7) is 3.94. The number of nitrogens with one attached hydrogen (secondary N) is 2. The predicted octanol–water partition coefficient (Wildman–Crippen LogP) is 3.03. The van der Waals surface area contributed by atoms with E-state index in [1.807, 2.05) is 44.2 Å². The van der Waals surface area contributed by atoms with Crippen molar-refractivity contribution in [1.29, 1.82) is 0 Å². The zero-order valence-corrected chi connectivity index (χ0v) is 13.1. The van der Waals surface area contributed by atoms with E-state index >= 15 is 0 Å². The Balaban J connectivity index is 1.67. The van der Waals surface area contributed by atoms with E-state index in [0.717, 1.165) is 16.8 Å². The Labute approximate surface area is 134 Å². The van der Waals surface area contributed by atoms with E-state index in [0.29, 0.717) is 11.4 Å². The van der Waals surface area contributed by atoms with Gasteiger partial charge in [0, 0.05) is 5.69 Å². The van der Waals surface area contributed by atoms with Crippen LogP contribution >= 0.6 is 0 Å². The lowest BCUT2D eigenvalue weighted by molar-refractivity contribution is -0.128. The standard InChI is InChI=1S/C18H18N2O3/c1-11-7-12(2)9-13(8-11)19-17(21)10-16-18(22)20-14-5-3-4-6-15(14)23-16/h3-9,16H,10H2,1-2H3,(H,19,21)(H,20,22). The Morgan fingerprint density at radius 2 is 1.87 bits per heavy atom. The van der Waals surface area contributed by atoms with Gasteiger partial charge in [0.2, 0.25) is 5.91 Å². The number of hydrogen-bond acceptors (Lipinski definition) is 3. The molecule has 1 aliphatic rings. The number of para-hydroxylation sites is 2. The number of carbonyl (C=O) groups is 2. The lowest BCUT2D eigenvalue weighted by atomic mass is 10.1. The van der Waals surface area contributed by atoms with Crippen LogP contribution in [0.5, 0.6) is 5.75 Å². The normalized spacial score (nSPS) is 16.1. The number of rotatable bonds is 3. The smallest absolute Gasteiger partial charge is 0.266 e. The number of amides is 2. The first-order valence-corrected chi connectivity index (χ1v) is 7.46. The van der Waals surface area contributed by atoms with Gasteiger partial charge in [-0.2, -0.15) is 0 Å². The molecule has 2 N–H and O–H groups in total. The van der Waals surface area contributed by atoms with Crippen LogP contribution in [0.15, 0.2) is 42.5 Å². The minimum atomic E-state index is -0.823. The average Bonchev–Trinajstić information content (AvgIpc) is 2.46. The van der Waals surface area contributed by atoms with Crippen molar-refractivity contribution >= 4 is 23.2 Å². The Morgan fingerprint density at radius 3 is 2.61 bits per heavy atom. The SMILES string of the molecule is Cc1cc(C)cc(NC(=O)CC2Oc3ccccc3NC2=O)c1. The van der Waals surface area contributed by atoms with Crippen molar-refractivity contribution in [2.24, 2.45) is 0 Å². The average molecular weight is 310 g/mol. The summed E-state index contributed by atoms with van der Waals surface area (Å²) in [6.07, 6.45) is -0.858. The maximum Gasteiger partial charge on any atom is 0.266 e. The van der Waals surface area contributed by atoms with Crippen LogP contribution in [0.1, 0.15) is 17.5 Å². The number of ether oxygens (including phenoxy) is 1. The molecule has 3 rings (SSSR count). The van der Waals surface area contributed by atoms with Crippen molar-refractivity contribution in [3.63, 3.8) is 0 Å². The molecule has 5 heteroatoms. The first-order chi connectivity index (χ1) is 11.0. The molecule has 1 heterocycles. The van der Waals surface area contributed by atoms with Crippen molar-refractivity contribution < 1.29 is 14.3 Å². The third kappa shape index (κ3) is 3.51. The lowest BCUT2D eigenvalue weighted by Gasteiger charge is -2.25. The Hall–Kier alpha value is -2.82. The summed E-state index contributed by atoms with van der Waals surface area (Å²) < 4.78 is 5.63. The molecule has 2 aromatic carbocycles. The molecule has 0 bridgehead atoms. The molecule has 0 aliphatic carbocycles. The highest BCUT2D eigenvalue weighted by Crippen LogP contribution is 2.29. The highest BCUT2D eigenvalue weighted by molar-refractivity contribution is 6.02. The number of anilines is 2. The molecule has 118 valence electrons. The molecule has 0 fully saturated rings. The third-order valence-corrected chi connectivity index (χ3v) is 3.58. The highest BCUT2D eigenvalue weighted by atomic mass is 16.5. The summed E-state index contributed by atoms with van der Waals surface area (Å²) in [5.74, 6) is 0.0186. The zero-order chi connectivity index (χ0) is 16.4. The van der Waals surface area contributed by atoms with Crippen LogP contribution in [0.25, 0.3) is 0 Å². The van der Waals surface area contributed by atoms with Gasteiger partial charge in [0.25, 0.3) is 5.91 Å². The van der Waals surface area contributed by atoms with Gasteiger partial charge in [0.05, 0.1) is 12.1 Å². The van der Waals surface area contributed by atoms with E-state index in [1.165, 1.54) is 0 Å². The molecule has 2 aromatic rings. The van der Waals surface area contributed by atoms with Crippen molar-refractivity contribution in [2.75, 3.05) is 10.6 Å². The fraction of sp³-hybridized carbons (Fsp3) is 0.222. The highest BCUT2D eigenvalue weighted by Gasteiger charge is 2.29. The van der Waals surface area contributed by atoms with Gasteiger partial charge in [-0.15, -0.1) is 0 Å². The van der Waals surface area contributed by atoms with Crippen molar-refractivity contribution in [1.82, 2.24) is 0 Å². The fourth-order valence-corrected chi connectivity index (χ4v) is 2.65. The maximum atomic E-state index is 12.2.